The molecule has 1 aliphatic heterocycles. The van der Waals surface area contributed by atoms with Crippen molar-refractivity contribution in [3.63, 3.8) is 0 Å². The zero-order chi connectivity index (χ0) is 26.0. The number of piperidine rings is 1. The van der Waals surface area contributed by atoms with E-state index in [4.69, 9.17) is 4.74 Å². The van der Waals surface area contributed by atoms with Crippen LogP contribution in [0.4, 0.5) is 5.82 Å². The SMILES string of the molecule is CCC(C)C.COCCCNc1nc(C(C)(C)C)ncc1C(=O)CC1CNCC(C(=O)C2CC2)C1. The van der Waals surface area contributed by atoms with Gasteiger partial charge in [0.1, 0.15) is 17.4 Å². The van der Waals surface area contributed by atoms with Gasteiger partial charge in [0, 0.05) is 56.7 Å². The van der Waals surface area contributed by atoms with Crippen molar-refractivity contribution in [3.8, 4) is 0 Å². The maximum absolute atomic E-state index is 13.1. The van der Waals surface area contributed by atoms with Gasteiger partial charge in [-0.2, -0.15) is 0 Å². The van der Waals surface area contributed by atoms with Crippen molar-refractivity contribution in [3.05, 3.63) is 17.6 Å². The van der Waals surface area contributed by atoms with E-state index in [0.29, 0.717) is 42.6 Å². The number of nitrogens with zero attached hydrogens (tertiary/aromatic N) is 2. The van der Waals surface area contributed by atoms with Crippen molar-refractivity contribution >= 4 is 17.4 Å². The Morgan fingerprint density at radius 3 is 2.46 bits per heavy atom. The summed E-state index contributed by atoms with van der Waals surface area (Å²) < 4.78 is 5.11. The number of anilines is 1. The van der Waals surface area contributed by atoms with Crippen molar-refractivity contribution in [2.24, 2.45) is 23.7 Å². The molecule has 2 atom stereocenters. The fourth-order valence-corrected chi connectivity index (χ4v) is 3.98. The van der Waals surface area contributed by atoms with E-state index in [2.05, 4.69) is 62.1 Å². The largest absolute Gasteiger partial charge is 0.385 e. The molecule has 0 aromatic carbocycles. The zero-order valence-corrected chi connectivity index (χ0v) is 23.1. The zero-order valence-electron chi connectivity index (χ0n) is 23.1. The topological polar surface area (TPSA) is 93.2 Å². The predicted octanol–water partition coefficient (Wildman–Crippen LogP) is 5.05. The van der Waals surface area contributed by atoms with Gasteiger partial charge in [0.15, 0.2) is 5.78 Å². The molecule has 1 aromatic rings. The number of hydrogen-bond donors (Lipinski definition) is 2. The number of carbonyl (C=O) groups excluding carboxylic acids is 2. The van der Waals surface area contributed by atoms with Crippen LogP contribution >= 0.6 is 0 Å². The second-order valence-electron chi connectivity index (χ2n) is 11.5. The summed E-state index contributed by atoms with van der Waals surface area (Å²) in [5, 5.41) is 6.67. The summed E-state index contributed by atoms with van der Waals surface area (Å²) in [5.41, 5.74) is 0.338. The first-order valence-electron chi connectivity index (χ1n) is 13.4. The van der Waals surface area contributed by atoms with Gasteiger partial charge in [-0.15, -0.1) is 0 Å². The van der Waals surface area contributed by atoms with E-state index in [0.717, 1.165) is 44.7 Å². The molecule has 2 aliphatic rings. The van der Waals surface area contributed by atoms with Gasteiger partial charge in [0.2, 0.25) is 0 Å². The van der Waals surface area contributed by atoms with Crippen molar-refractivity contribution in [2.45, 2.75) is 85.5 Å². The standard InChI is InChI=1S/C23H36N4O3.C5H12/c1-23(2,3)22-26-14-18(21(27-22)25-8-5-9-30-4)19(28)11-15-10-17(13-24-12-15)20(29)16-6-7-16;1-4-5(2)3/h14-17,24H,5-13H2,1-4H3,(H,25,26,27);5H,4H2,1-3H3. The van der Waals surface area contributed by atoms with E-state index in [1.54, 1.807) is 13.3 Å². The number of methoxy groups -OCH3 is 1. The summed E-state index contributed by atoms with van der Waals surface area (Å²) >= 11 is 0. The number of aromatic nitrogens is 2. The lowest BCUT2D eigenvalue weighted by Gasteiger charge is -2.29. The molecule has 1 aromatic heterocycles. The first kappa shape index (κ1) is 29.4. The highest BCUT2D eigenvalue weighted by molar-refractivity contribution is 6.00. The minimum Gasteiger partial charge on any atom is -0.385 e. The lowest BCUT2D eigenvalue weighted by Crippen LogP contribution is -2.41. The van der Waals surface area contributed by atoms with Crippen LogP contribution in [0.25, 0.3) is 0 Å². The molecule has 7 heteroatoms. The van der Waals surface area contributed by atoms with Gasteiger partial charge in [0.25, 0.3) is 0 Å². The molecule has 2 N–H and O–H groups in total. The minimum atomic E-state index is -0.200. The van der Waals surface area contributed by atoms with Crippen LogP contribution in [0.3, 0.4) is 0 Å². The van der Waals surface area contributed by atoms with Crippen LogP contribution in [-0.4, -0.2) is 54.9 Å². The lowest BCUT2D eigenvalue weighted by atomic mass is 9.83. The van der Waals surface area contributed by atoms with Crippen LogP contribution < -0.4 is 10.6 Å². The van der Waals surface area contributed by atoms with E-state index in [-0.39, 0.29) is 29.0 Å². The number of rotatable bonds is 11. The summed E-state index contributed by atoms with van der Waals surface area (Å²) in [6.45, 7) is 15.7. The van der Waals surface area contributed by atoms with Crippen LogP contribution in [0.2, 0.25) is 0 Å². The van der Waals surface area contributed by atoms with Gasteiger partial charge in [-0.3, -0.25) is 9.59 Å². The monoisotopic (exact) mass is 488 g/mol. The molecule has 2 unspecified atom stereocenters. The smallest absolute Gasteiger partial charge is 0.168 e. The molecule has 0 bridgehead atoms. The molecule has 1 aliphatic carbocycles. The highest BCUT2D eigenvalue weighted by Crippen LogP contribution is 2.35. The van der Waals surface area contributed by atoms with Crippen LogP contribution in [0.15, 0.2) is 6.20 Å². The summed E-state index contributed by atoms with van der Waals surface area (Å²) in [6, 6.07) is 0. The Morgan fingerprint density at radius 1 is 1.20 bits per heavy atom. The summed E-state index contributed by atoms with van der Waals surface area (Å²) in [6.07, 6.45) is 7.08. The van der Waals surface area contributed by atoms with E-state index < -0.39 is 0 Å². The predicted molar refractivity (Wildman–Crippen MR) is 142 cm³/mol. The fraction of sp³-hybridized carbons (Fsp3) is 0.786. The van der Waals surface area contributed by atoms with E-state index >= 15 is 0 Å². The Bertz CT molecular complexity index is 815. The van der Waals surface area contributed by atoms with Crippen molar-refractivity contribution in [1.29, 1.82) is 0 Å². The maximum Gasteiger partial charge on any atom is 0.168 e. The summed E-state index contributed by atoms with van der Waals surface area (Å²) in [4.78, 5) is 34.8. The average molecular weight is 489 g/mol. The summed E-state index contributed by atoms with van der Waals surface area (Å²) in [7, 11) is 1.68. The number of nitrogens with one attached hydrogen (secondary N) is 2. The highest BCUT2D eigenvalue weighted by atomic mass is 16.5. The third-order valence-corrected chi connectivity index (χ3v) is 6.69. The molecule has 0 amide bonds. The Balaban J connectivity index is 0.000000784. The van der Waals surface area contributed by atoms with Gasteiger partial charge in [0.05, 0.1) is 5.56 Å². The molecule has 1 saturated carbocycles. The molecule has 198 valence electrons. The molecule has 0 spiro atoms. The van der Waals surface area contributed by atoms with Gasteiger partial charge in [-0.1, -0.05) is 48.0 Å². The van der Waals surface area contributed by atoms with E-state index in [9.17, 15) is 9.59 Å². The highest BCUT2D eigenvalue weighted by Gasteiger charge is 2.37. The van der Waals surface area contributed by atoms with Crippen molar-refractivity contribution in [2.75, 3.05) is 38.7 Å². The van der Waals surface area contributed by atoms with Crippen LogP contribution in [0, 0.1) is 23.7 Å². The number of hydrogen-bond acceptors (Lipinski definition) is 7. The van der Waals surface area contributed by atoms with Gasteiger partial charge >= 0.3 is 0 Å². The average Bonchev–Trinajstić information content (AvgIpc) is 3.67. The second-order valence-corrected chi connectivity index (χ2v) is 11.5. The number of Topliss-reactive ketones (excluding diaryl/α,β-unsaturated/α-hetero) is 2. The van der Waals surface area contributed by atoms with Gasteiger partial charge in [-0.05, 0) is 44.1 Å². The third-order valence-electron chi connectivity index (χ3n) is 6.69. The first-order chi connectivity index (χ1) is 16.6. The van der Waals surface area contributed by atoms with E-state index in [1.807, 2.05) is 0 Å². The van der Waals surface area contributed by atoms with Crippen LogP contribution in [-0.2, 0) is 14.9 Å². The second kappa shape index (κ2) is 14.0. The molecule has 7 nitrogen and oxygen atoms in total. The molecular weight excluding hydrogens is 440 g/mol. The Labute approximate surface area is 212 Å². The summed E-state index contributed by atoms with van der Waals surface area (Å²) in [5.74, 6) is 3.11. The molecule has 2 fully saturated rings. The Kier molecular flexibility index (Phi) is 11.8. The third kappa shape index (κ3) is 9.96. The minimum absolute atomic E-state index is 0.0380. The van der Waals surface area contributed by atoms with Crippen molar-refractivity contribution < 1.29 is 14.3 Å². The number of ketones is 2. The molecule has 35 heavy (non-hydrogen) atoms. The molecule has 3 rings (SSSR count). The maximum atomic E-state index is 13.1. The van der Waals surface area contributed by atoms with Crippen LogP contribution in [0.1, 0.15) is 96.2 Å². The van der Waals surface area contributed by atoms with Gasteiger partial charge in [-0.25, -0.2) is 9.97 Å². The number of carbonyl (C=O) groups is 2. The fourth-order valence-electron chi connectivity index (χ4n) is 3.98. The van der Waals surface area contributed by atoms with Gasteiger partial charge < -0.3 is 15.4 Å². The molecule has 1 saturated heterocycles. The van der Waals surface area contributed by atoms with Crippen LogP contribution in [0.5, 0.6) is 0 Å². The number of ether oxygens (including phenoxy) is 1. The Hall–Kier alpha value is -1.86. The quantitative estimate of drug-likeness (QED) is 0.332. The molecule has 0 radical (unpaired) electrons. The molecule has 2 heterocycles. The normalized spacial score (nSPS) is 20.2. The first-order valence-corrected chi connectivity index (χ1v) is 13.4. The van der Waals surface area contributed by atoms with Crippen molar-refractivity contribution in [1.82, 2.24) is 15.3 Å². The Morgan fingerprint density at radius 2 is 1.89 bits per heavy atom. The lowest BCUT2D eigenvalue weighted by molar-refractivity contribution is -0.125. The molecular formula is C28H48N4O3. The van der Waals surface area contributed by atoms with E-state index in [1.165, 1.54) is 6.42 Å².